The van der Waals surface area contributed by atoms with Gasteiger partial charge in [-0.25, -0.2) is 4.79 Å². The van der Waals surface area contributed by atoms with Crippen LogP contribution in [0.1, 0.15) is 44.4 Å². The smallest absolute Gasteiger partial charge is 0.416 e. The van der Waals surface area contributed by atoms with Crippen LogP contribution in [-0.4, -0.2) is 18.0 Å². The molecular weight excluding hydrogens is 379 g/mol. The van der Waals surface area contributed by atoms with E-state index in [0.717, 1.165) is 12.1 Å². The maximum absolute atomic E-state index is 12.8. The molecule has 0 saturated carbocycles. The van der Waals surface area contributed by atoms with Gasteiger partial charge in [0.05, 0.1) is 11.6 Å². The molecule has 8 heteroatoms. The Balaban J connectivity index is 3.10. The summed E-state index contributed by atoms with van der Waals surface area (Å²) in [5.74, 6) is 0. The summed E-state index contributed by atoms with van der Waals surface area (Å²) >= 11 is 3.14. The molecule has 0 heterocycles. The Bertz CT molecular complexity index is 582. The summed E-state index contributed by atoms with van der Waals surface area (Å²) in [6.07, 6.45) is -4.99. The highest BCUT2D eigenvalue weighted by Gasteiger charge is 2.32. The summed E-state index contributed by atoms with van der Waals surface area (Å²) in [7, 11) is 0. The molecule has 0 aliphatic carbocycles. The number of ether oxygens (including phenoxy) is 1. The van der Waals surface area contributed by atoms with Crippen molar-refractivity contribution in [3.8, 4) is 0 Å². The second kappa shape index (κ2) is 7.33. The maximum Gasteiger partial charge on any atom is 0.416 e. The molecule has 0 unspecified atom stereocenters. The van der Waals surface area contributed by atoms with Gasteiger partial charge >= 0.3 is 12.3 Å². The monoisotopic (exact) mass is 395 g/mol. The first-order valence-electron chi connectivity index (χ1n) is 6.74. The molecular formula is C15H17BrF3NO3. The fraction of sp³-hybridized carbons (Fsp3) is 0.467. The third kappa shape index (κ3) is 6.21. The summed E-state index contributed by atoms with van der Waals surface area (Å²) in [4.78, 5) is 22.6. The number of alkyl halides is 3. The number of hydrogen-bond donors (Lipinski definition) is 1. The average molecular weight is 396 g/mol. The molecule has 0 bridgehead atoms. The van der Waals surface area contributed by atoms with Gasteiger partial charge in [0, 0.05) is 10.9 Å². The lowest BCUT2D eigenvalue weighted by Crippen LogP contribution is -2.35. The zero-order chi connectivity index (χ0) is 17.8. The summed E-state index contributed by atoms with van der Waals surface area (Å²) in [6, 6.07) is 2.11. The van der Waals surface area contributed by atoms with Crippen LogP contribution in [0, 0.1) is 0 Å². The number of carbonyl (C=O) groups is 2. The van der Waals surface area contributed by atoms with Crippen LogP contribution in [-0.2, 0) is 15.7 Å². The number of amides is 1. The maximum atomic E-state index is 12.8. The van der Waals surface area contributed by atoms with Gasteiger partial charge in [0.25, 0.3) is 0 Å². The molecule has 1 atom stereocenters. The predicted octanol–water partition coefficient (Wildman–Crippen LogP) is 4.62. The van der Waals surface area contributed by atoms with Crippen molar-refractivity contribution >= 4 is 28.3 Å². The number of benzene rings is 1. The topological polar surface area (TPSA) is 55.4 Å². The number of aldehydes is 1. The van der Waals surface area contributed by atoms with E-state index >= 15 is 0 Å². The Morgan fingerprint density at radius 1 is 1.35 bits per heavy atom. The molecule has 0 radical (unpaired) electrons. The predicted molar refractivity (Wildman–Crippen MR) is 81.9 cm³/mol. The zero-order valence-electron chi connectivity index (χ0n) is 12.8. The molecule has 0 aliphatic heterocycles. The van der Waals surface area contributed by atoms with E-state index in [0.29, 0.717) is 10.8 Å². The van der Waals surface area contributed by atoms with Gasteiger partial charge in [0.1, 0.15) is 11.9 Å². The normalized spacial score (nSPS) is 13.3. The number of nitrogens with one attached hydrogen (secondary N) is 1. The Kier molecular flexibility index (Phi) is 6.21. The first kappa shape index (κ1) is 19.5. The van der Waals surface area contributed by atoms with E-state index in [4.69, 9.17) is 4.74 Å². The molecule has 1 rings (SSSR count). The highest BCUT2D eigenvalue weighted by Crippen LogP contribution is 2.34. The first-order valence-corrected chi connectivity index (χ1v) is 7.53. The molecule has 0 aromatic heterocycles. The largest absolute Gasteiger partial charge is 0.444 e. The van der Waals surface area contributed by atoms with Crippen LogP contribution in [0.25, 0.3) is 0 Å². The molecule has 4 nitrogen and oxygen atoms in total. The van der Waals surface area contributed by atoms with Gasteiger partial charge in [-0.3, -0.25) is 0 Å². The molecule has 23 heavy (non-hydrogen) atoms. The van der Waals surface area contributed by atoms with Crippen molar-refractivity contribution in [2.75, 3.05) is 0 Å². The van der Waals surface area contributed by atoms with Crippen LogP contribution in [0.5, 0.6) is 0 Å². The van der Waals surface area contributed by atoms with Crippen molar-refractivity contribution in [3.63, 3.8) is 0 Å². The van der Waals surface area contributed by atoms with Gasteiger partial charge in [-0.2, -0.15) is 13.2 Å². The molecule has 1 N–H and O–H groups in total. The third-order valence-corrected chi connectivity index (χ3v) is 3.44. The van der Waals surface area contributed by atoms with Crippen molar-refractivity contribution < 1.29 is 27.5 Å². The minimum Gasteiger partial charge on any atom is -0.444 e. The molecule has 128 valence electrons. The number of carbonyl (C=O) groups excluding carboxylic acids is 2. The zero-order valence-corrected chi connectivity index (χ0v) is 14.4. The molecule has 0 aliphatic rings. The molecule has 1 amide bonds. The second-order valence-corrected chi connectivity index (χ2v) is 6.69. The Morgan fingerprint density at radius 3 is 2.43 bits per heavy atom. The summed E-state index contributed by atoms with van der Waals surface area (Å²) in [5.41, 5.74) is -1.48. The van der Waals surface area contributed by atoms with E-state index < -0.39 is 29.5 Å². The molecule has 0 fully saturated rings. The van der Waals surface area contributed by atoms with E-state index in [1.165, 1.54) is 6.07 Å². The quantitative estimate of drug-likeness (QED) is 0.756. The van der Waals surface area contributed by atoms with Gasteiger partial charge in [0.15, 0.2) is 0 Å². The highest BCUT2D eigenvalue weighted by atomic mass is 79.9. The lowest BCUT2D eigenvalue weighted by atomic mass is 10.0. The van der Waals surface area contributed by atoms with E-state index in [9.17, 15) is 22.8 Å². The number of alkyl carbamates (subject to hydrolysis) is 1. The van der Waals surface area contributed by atoms with Crippen LogP contribution < -0.4 is 5.32 Å². The van der Waals surface area contributed by atoms with E-state index in [2.05, 4.69) is 21.2 Å². The van der Waals surface area contributed by atoms with E-state index in [1.807, 2.05) is 0 Å². The fourth-order valence-corrected chi connectivity index (χ4v) is 2.32. The molecule has 1 aromatic rings. The lowest BCUT2D eigenvalue weighted by Gasteiger charge is -2.24. The molecule has 1 aromatic carbocycles. The Labute approximate surface area is 140 Å². The second-order valence-electron chi connectivity index (χ2n) is 5.84. The van der Waals surface area contributed by atoms with E-state index in [-0.39, 0.29) is 12.0 Å². The number of halogens is 4. The van der Waals surface area contributed by atoms with Crippen LogP contribution in [0.3, 0.4) is 0 Å². The van der Waals surface area contributed by atoms with Gasteiger partial charge in [-0.1, -0.05) is 15.9 Å². The summed E-state index contributed by atoms with van der Waals surface area (Å²) in [6.45, 7) is 4.96. The van der Waals surface area contributed by atoms with Crippen molar-refractivity contribution in [1.29, 1.82) is 0 Å². The van der Waals surface area contributed by atoms with Crippen molar-refractivity contribution in [2.45, 2.75) is 45.0 Å². The minimum absolute atomic E-state index is 0.151. The van der Waals surface area contributed by atoms with Crippen molar-refractivity contribution in [3.05, 3.63) is 33.8 Å². The van der Waals surface area contributed by atoms with Crippen molar-refractivity contribution in [2.24, 2.45) is 0 Å². The van der Waals surface area contributed by atoms with Crippen LogP contribution in [0.2, 0.25) is 0 Å². The van der Waals surface area contributed by atoms with Gasteiger partial charge < -0.3 is 14.8 Å². The van der Waals surface area contributed by atoms with Gasteiger partial charge in [0.2, 0.25) is 0 Å². The van der Waals surface area contributed by atoms with Crippen LogP contribution in [0.4, 0.5) is 18.0 Å². The Hall–Kier alpha value is -1.57. The minimum atomic E-state index is -4.52. The van der Waals surface area contributed by atoms with E-state index in [1.54, 1.807) is 20.8 Å². The van der Waals surface area contributed by atoms with Crippen LogP contribution in [0.15, 0.2) is 22.7 Å². The SMILES string of the molecule is CC(C)(C)OC(=O)N[C@H](CC=O)c1cc(C(F)(F)F)ccc1Br. The number of hydrogen-bond acceptors (Lipinski definition) is 3. The first-order chi connectivity index (χ1) is 10.4. The molecule has 0 saturated heterocycles. The van der Waals surface area contributed by atoms with Crippen molar-refractivity contribution in [1.82, 2.24) is 5.32 Å². The fourth-order valence-electron chi connectivity index (χ4n) is 1.80. The summed E-state index contributed by atoms with van der Waals surface area (Å²) < 4.78 is 43.9. The van der Waals surface area contributed by atoms with Gasteiger partial charge in [-0.05, 0) is 44.5 Å². The third-order valence-electron chi connectivity index (χ3n) is 2.72. The lowest BCUT2D eigenvalue weighted by molar-refractivity contribution is -0.137. The van der Waals surface area contributed by atoms with Crippen LogP contribution >= 0.6 is 15.9 Å². The highest BCUT2D eigenvalue weighted by molar-refractivity contribution is 9.10. The van der Waals surface area contributed by atoms with Gasteiger partial charge in [-0.15, -0.1) is 0 Å². The average Bonchev–Trinajstić information content (AvgIpc) is 2.35. The summed E-state index contributed by atoms with van der Waals surface area (Å²) in [5, 5.41) is 2.42. The Morgan fingerprint density at radius 2 is 1.96 bits per heavy atom. The molecule has 0 spiro atoms. The number of rotatable bonds is 4. The standard InChI is InChI=1S/C15H17BrF3NO3/c1-14(2,3)23-13(22)20-12(6-7-21)10-8-9(15(17,18)19)4-5-11(10)16/h4-5,7-8,12H,6H2,1-3H3,(H,20,22)/t12-/m1/s1.